The smallest absolute Gasteiger partial charge is 0.402 e. The summed E-state index contributed by atoms with van der Waals surface area (Å²) < 4.78 is 4.68. The van der Waals surface area contributed by atoms with Gasteiger partial charge in [-0.3, -0.25) is 0 Å². The molecule has 0 spiro atoms. The fourth-order valence-corrected chi connectivity index (χ4v) is 3.02. The van der Waals surface area contributed by atoms with Crippen molar-refractivity contribution in [2.75, 3.05) is 6.61 Å². The van der Waals surface area contributed by atoms with E-state index in [0.29, 0.717) is 6.61 Å². The Morgan fingerprint density at radius 2 is 0.826 bits per heavy atom. The van der Waals surface area contributed by atoms with Crippen LogP contribution in [0.2, 0.25) is 0 Å². The van der Waals surface area contributed by atoms with E-state index in [1.54, 1.807) is 0 Å². The lowest BCUT2D eigenvalue weighted by molar-refractivity contribution is 0.182. The van der Waals surface area contributed by atoms with Crippen LogP contribution in [0.15, 0.2) is 0 Å². The highest BCUT2D eigenvalue weighted by Crippen LogP contribution is 2.13. The van der Waals surface area contributed by atoms with Gasteiger partial charge in [-0.25, -0.2) is 0 Å². The van der Waals surface area contributed by atoms with E-state index in [4.69, 9.17) is 10.0 Å². The highest BCUT2D eigenvalue weighted by atomic mass is 16.6. The Morgan fingerprint density at radius 1 is 0.522 bits per heavy atom. The SMILES string of the molecule is CCCCCCCCCCCCCCCCCCCOB(O)O. The van der Waals surface area contributed by atoms with Crippen molar-refractivity contribution in [3.63, 3.8) is 0 Å². The lowest BCUT2D eigenvalue weighted by Gasteiger charge is -2.04. The van der Waals surface area contributed by atoms with Crippen LogP contribution in [0.4, 0.5) is 0 Å². The molecule has 3 nitrogen and oxygen atoms in total. The fourth-order valence-electron chi connectivity index (χ4n) is 3.02. The maximum Gasteiger partial charge on any atom is 0.633 e. The molecule has 0 aliphatic heterocycles. The minimum Gasteiger partial charge on any atom is -0.402 e. The van der Waals surface area contributed by atoms with Gasteiger partial charge in [0.1, 0.15) is 0 Å². The summed E-state index contributed by atoms with van der Waals surface area (Å²) >= 11 is 0. The summed E-state index contributed by atoms with van der Waals surface area (Å²) in [4.78, 5) is 0. The Morgan fingerprint density at radius 3 is 1.13 bits per heavy atom. The molecule has 0 aromatic heterocycles. The minimum absolute atomic E-state index is 0.455. The van der Waals surface area contributed by atoms with Crippen LogP contribution < -0.4 is 0 Å². The monoisotopic (exact) mass is 328 g/mol. The van der Waals surface area contributed by atoms with Crippen molar-refractivity contribution in [1.29, 1.82) is 0 Å². The molecule has 0 saturated carbocycles. The molecule has 0 aromatic rings. The summed E-state index contributed by atoms with van der Waals surface area (Å²) in [6, 6.07) is 0. The van der Waals surface area contributed by atoms with Gasteiger partial charge in [0.25, 0.3) is 0 Å². The standard InChI is InChI=1S/C19H41BO3/c1-2-3-4-5-6-7-8-9-10-11-12-13-14-15-16-17-18-19-23-20(21)22/h21-22H,2-19H2,1H3. The third kappa shape index (κ3) is 21.9. The predicted molar refractivity (Wildman–Crippen MR) is 100 cm³/mol. The molecule has 23 heavy (non-hydrogen) atoms. The van der Waals surface area contributed by atoms with Crippen molar-refractivity contribution in [3.05, 3.63) is 0 Å². The molecule has 0 fully saturated rings. The molecule has 0 amide bonds. The Labute approximate surface area is 145 Å². The van der Waals surface area contributed by atoms with Gasteiger partial charge in [-0.15, -0.1) is 0 Å². The molecule has 0 aromatic carbocycles. The maximum absolute atomic E-state index is 8.52. The lowest BCUT2D eigenvalue weighted by Crippen LogP contribution is -2.17. The third-order valence-corrected chi connectivity index (χ3v) is 4.51. The molecule has 0 bridgehead atoms. The molecule has 2 N–H and O–H groups in total. The van der Waals surface area contributed by atoms with Crippen molar-refractivity contribution >= 4 is 7.32 Å². The van der Waals surface area contributed by atoms with Crippen molar-refractivity contribution in [2.24, 2.45) is 0 Å². The number of hydrogen-bond acceptors (Lipinski definition) is 3. The molecule has 0 atom stereocenters. The second-order valence-electron chi connectivity index (χ2n) is 6.85. The second kappa shape index (κ2) is 20.0. The minimum atomic E-state index is -1.60. The summed E-state index contributed by atoms with van der Waals surface area (Å²) in [6.07, 6.45) is 23.0. The van der Waals surface area contributed by atoms with E-state index in [9.17, 15) is 0 Å². The lowest BCUT2D eigenvalue weighted by atomic mass is 10.0. The first-order valence-electron chi connectivity index (χ1n) is 10.2. The summed E-state index contributed by atoms with van der Waals surface area (Å²) in [5.74, 6) is 0. The van der Waals surface area contributed by atoms with E-state index in [0.717, 1.165) is 12.8 Å². The zero-order valence-electron chi connectivity index (χ0n) is 15.6. The quantitative estimate of drug-likeness (QED) is 0.239. The zero-order chi connectivity index (χ0) is 17.0. The topological polar surface area (TPSA) is 49.7 Å². The van der Waals surface area contributed by atoms with E-state index in [1.165, 1.54) is 96.3 Å². The van der Waals surface area contributed by atoms with Crippen LogP contribution in [0.1, 0.15) is 116 Å². The molecule has 0 aliphatic rings. The number of unbranched alkanes of at least 4 members (excludes halogenated alkanes) is 16. The Kier molecular flexibility index (Phi) is 19.9. The average molecular weight is 328 g/mol. The van der Waals surface area contributed by atoms with E-state index in [1.807, 2.05) is 0 Å². The van der Waals surface area contributed by atoms with E-state index < -0.39 is 7.32 Å². The van der Waals surface area contributed by atoms with E-state index >= 15 is 0 Å². The van der Waals surface area contributed by atoms with Gasteiger partial charge in [0.05, 0.1) is 0 Å². The Bertz CT molecular complexity index is 213. The molecule has 4 heteroatoms. The summed E-state index contributed by atoms with van der Waals surface area (Å²) in [5.41, 5.74) is 0. The van der Waals surface area contributed by atoms with Gasteiger partial charge in [0, 0.05) is 6.61 Å². The van der Waals surface area contributed by atoms with Gasteiger partial charge < -0.3 is 14.7 Å². The van der Waals surface area contributed by atoms with Crippen LogP contribution in [0, 0.1) is 0 Å². The van der Waals surface area contributed by atoms with Crippen LogP contribution in [0.5, 0.6) is 0 Å². The van der Waals surface area contributed by atoms with Gasteiger partial charge >= 0.3 is 7.32 Å². The molecule has 0 radical (unpaired) electrons. The molecule has 138 valence electrons. The second-order valence-corrected chi connectivity index (χ2v) is 6.85. The summed E-state index contributed by atoms with van der Waals surface area (Å²) in [7, 11) is -1.60. The van der Waals surface area contributed by atoms with Crippen molar-refractivity contribution in [3.8, 4) is 0 Å². The molecule has 0 rings (SSSR count). The highest BCUT2D eigenvalue weighted by molar-refractivity contribution is 6.32. The van der Waals surface area contributed by atoms with Gasteiger partial charge in [0.15, 0.2) is 0 Å². The molecule has 0 aliphatic carbocycles. The number of rotatable bonds is 19. The zero-order valence-corrected chi connectivity index (χ0v) is 15.6. The van der Waals surface area contributed by atoms with Crippen LogP contribution in [-0.4, -0.2) is 24.0 Å². The van der Waals surface area contributed by atoms with Crippen molar-refractivity contribution in [1.82, 2.24) is 0 Å². The Balaban J connectivity index is 2.95. The Hall–Kier alpha value is -0.0551. The molecule has 0 saturated heterocycles. The molecule has 0 unspecified atom stereocenters. The first-order chi connectivity index (χ1) is 11.3. The fraction of sp³-hybridized carbons (Fsp3) is 1.00. The van der Waals surface area contributed by atoms with Crippen LogP contribution in [0.25, 0.3) is 0 Å². The summed E-state index contributed by atoms with van der Waals surface area (Å²) in [6.45, 7) is 2.73. The van der Waals surface area contributed by atoms with Gasteiger partial charge in [-0.05, 0) is 6.42 Å². The van der Waals surface area contributed by atoms with Crippen molar-refractivity contribution in [2.45, 2.75) is 116 Å². The third-order valence-electron chi connectivity index (χ3n) is 4.51. The van der Waals surface area contributed by atoms with Crippen molar-refractivity contribution < 1.29 is 14.7 Å². The first kappa shape index (κ1) is 22.9. The first-order valence-corrected chi connectivity index (χ1v) is 10.2. The largest absolute Gasteiger partial charge is 0.633 e. The highest BCUT2D eigenvalue weighted by Gasteiger charge is 2.06. The normalized spacial score (nSPS) is 11.1. The maximum atomic E-state index is 8.52. The van der Waals surface area contributed by atoms with Gasteiger partial charge in [-0.1, -0.05) is 110 Å². The van der Waals surface area contributed by atoms with Crippen LogP contribution in [0.3, 0.4) is 0 Å². The van der Waals surface area contributed by atoms with E-state index in [2.05, 4.69) is 11.6 Å². The number of hydrogen-bond donors (Lipinski definition) is 2. The van der Waals surface area contributed by atoms with Crippen LogP contribution in [-0.2, 0) is 4.65 Å². The predicted octanol–water partition coefficient (Wildman–Crippen LogP) is 5.62. The average Bonchev–Trinajstić information content (AvgIpc) is 2.53. The van der Waals surface area contributed by atoms with Crippen LogP contribution >= 0.6 is 0 Å². The molecule has 0 heterocycles. The van der Waals surface area contributed by atoms with E-state index in [-0.39, 0.29) is 0 Å². The van der Waals surface area contributed by atoms with Gasteiger partial charge in [0.2, 0.25) is 0 Å². The summed E-state index contributed by atoms with van der Waals surface area (Å²) in [5, 5.41) is 17.0. The molecular formula is C19H41BO3. The molecular weight excluding hydrogens is 287 g/mol. The van der Waals surface area contributed by atoms with Gasteiger partial charge in [-0.2, -0.15) is 0 Å².